The van der Waals surface area contributed by atoms with E-state index in [4.69, 9.17) is 10.2 Å². The molecule has 0 aromatic heterocycles. The summed E-state index contributed by atoms with van der Waals surface area (Å²) >= 11 is 0. The third-order valence-electron chi connectivity index (χ3n) is 4.46. The van der Waals surface area contributed by atoms with E-state index in [0.29, 0.717) is 31.5 Å². The summed E-state index contributed by atoms with van der Waals surface area (Å²) in [5, 5.41) is 17.2. The van der Waals surface area contributed by atoms with Gasteiger partial charge in [0.1, 0.15) is 5.78 Å². The first-order chi connectivity index (χ1) is 11.7. The molecule has 0 atom stereocenters. The van der Waals surface area contributed by atoms with Crippen molar-refractivity contribution in [3.63, 3.8) is 0 Å². The van der Waals surface area contributed by atoms with Crippen molar-refractivity contribution >= 4 is 11.8 Å². The molecule has 142 valence electrons. The van der Waals surface area contributed by atoms with Crippen molar-refractivity contribution in [2.45, 2.75) is 109 Å². The van der Waals surface area contributed by atoms with Gasteiger partial charge in [-0.15, -0.1) is 0 Å². The highest BCUT2D eigenvalue weighted by molar-refractivity contribution is 5.78. The van der Waals surface area contributed by atoms with Gasteiger partial charge in [0.2, 0.25) is 0 Å². The maximum absolute atomic E-state index is 11.4. The standard InChI is InChI=1S/C20H38O4/c21-18-14-16-19(22)15-12-10-8-6-4-2-1-3-5-7-9-11-13-17-20(23)24/h21H,1-18H2,(H,23,24). The molecule has 2 N–H and O–H groups in total. The summed E-state index contributed by atoms with van der Waals surface area (Å²) in [5.41, 5.74) is 0. The van der Waals surface area contributed by atoms with E-state index >= 15 is 0 Å². The van der Waals surface area contributed by atoms with E-state index in [9.17, 15) is 9.59 Å². The van der Waals surface area contributed by atoms with Crippen LogP contribution in [-0.4, -0.2) is 28.6 Å². The van der Waals surface area contributed by atoms with Crippen molar-refractivity contribution < 1.29 is 19.8 Å². The van der Waals surface area contributed by atoms with Crippen LogP contribution in [0.2, 0.25) is 0 Å². The number of aliphatic carboxylic acids is 1. The topological polar surface area (TPSA) is 74.6 Å². The summed E-state index contributed by atoms with van der Waals surface area (Å²) in [6.07, 6.45) is 17.6. The molecule has 0 bridgehead atoms. The lowest BCUT2D eigenvalue weighted by Crippen LogP contribution is -1.99. The van der Waals surface area contributed by atoms with E-state index in [-0.39, 0.29) is 6.61 Å². The number of hydrogen-bond donors (Lipinski definition) is 2. The number of Topliss-reactive ketones (excluding diaryl/α,β-unsaturated/α-hetero) is 1. The van der Waals surface area contributed by atoms with Gasteiger partial charge in [-0.3, -0.25) is 9.59 Å². The number of unbranched alkanes of at least 4 members (excludes halogenated alkanes) is 12. The zero-order valence-corrected chi connectivity index (χ0v) is 15.4. The monoisotopic (exact) mass is 342 g/mol. The third-order valence-corrected chi connectivity index (χ3v) is 4.46. The zero-order chi connectivity index (χ0) is 17.9. The number of carboxylic acid groups (broad SMARTS) is 1. The highest BCUT2D eigenvalue weighted by atomic mass is 16.4. The molecular weight excluding hydrogens is 304 g/mol. The Kier molecular flexibility index (Phi) is 17.7. The Morgan fingerprint density at radius 1 is 0.500 bits per heavy atom. The normalized spacial score (nSPS) is 10.9. The first kappa shape index (κ1) is 23.1. The minimum atomic E-state index is -0.678. The molecule has 0 aliphatic rings. The van der Waals surface area contributed by atoms with Gasteiger partial charge in [0, 0.05) is 25.9 Å². The zero-order valence-electron chi connectivity index (χ0n) is 15.4. The fourth-order valence-corrected chi connectivity index (χ4v) is 2.94. The second-order valence-electron chi connectivity index (χ2n) is 6.86. The lowest BCUT2D eigenvalue weighted by molar-refractivity contribution is -0.137. The maximum Gasteiger partial charge on any atom is 0.303 e. The molecule has 0 unspecified atom stereocenters. The van der Waals surface area contributed by atoms with Crippen LogP contribution in [-0.2, 0) is 9.59 Å². The van der Waals surface area contributed by atoms with Crippen LogP contribution in [0.4, 0.5) is 0 Å². The predicted octanol–water partition coefficient (Wildman–Crippen LogP) is 5.26. The Bertz CT molecular complexity index is 302. The lowest BCUT2D eigenvalue weighted by atomic mass is 10.0. The maximum atomic E-state index is 11.4. The van der Waals surface area contributed by atoms with Gasteiger partial charge in [0.25, 0.3) is 0 Å². The number of rotatable bonds is 19. The minimum absolute atomic E-state index is 0.121. The first-order valence-corrected chi connectivity index (χ1v) is 10.0. The number of aliphatic hydroxyl groups excluding tert-OH is 1. The average molecular weight is 343 g/mol. The fraction of sp³-hybridized carbons (Fsp3) is 0.900. The molecule has 4 nitrogen and oxygen atoms in total. The van der Waals surface area contributed by atoms with Gasteiger partial charge >= 0.3 is 5.97 Å². The molecule has 0 spiro atoms. The number of carbonyl (C=O) groups is 2. The molecule has 4 heteroatoms. The molecular formula is C20H38O4. The SMILES string of the molecule is O=C(O)CCCCCCCCCCCCCCCC(=O)CCCO. The van der Waals surface area contributed by atoms with Crippen molar-refractivity contribution in [3.05, 3.63) is 0 Å². The number of carboxylic acids is 1. The Labute approximate surface area is 148 Å². The summed E-state index contributed by atoms with van der Waals surface area (Å²) in [6.45, 7) is 0.121. The van der Waals surface area contributed by atoms with Crippen molar-refractivity contribution in [1.29, 1.82) is 0 Å². The Balaban J connectivity index is 3.07. The molecule has 0 rings (SSSR count). The smallest absolute Gasteiger partial charge is 0.303 e. The fourth-order valence-electron chi connectivity index (χ4n) is 2.94. The van der Waals surface area contributed by atoms with Crippen LogP contribution in [0.25, 0.3) is 0 Å². The number of hydrogen-bond acceptors (Lipinski definition) is 3. The van der Waals surface area contributed by atoms with Crippen molar-refractivity contribution in [2.24, 2.45) is 0 Å². The van der Waals surface area contributed by atoms with E-state index in [0.717, 1.165) is 25.7 Å². The van der Waals surface area contributed by atoms with Crippen LogP contribution in [0.15, 0.2) is 0 Å². The van der Waals surface area contributed by atoms with Crippen LogP contribution in [0, 0.1) is 0 Å². The second-order valence-corrected chi connectivity index (χ2v) is 6.86. The summed E-state index contributed by atoms with van der Waals surface area (Å²) in [5.74, 6) is -0.379. The van der Waals surface area contributed by atoms with Gasteiger partial charge in [-0.2, -0.15) is 0 Å². The molecule has 0 amide bonds. The van der Waals surface area contributed by atoms with E-state index in [2.05, 4.69) is 0 Å². The summed E-state index contributed by atoms with van der Waals surface area (Å²) in [7, 11) is 0. The molecule has 0 aliphatic carbocycles. The van der Waals surface area contributed by atoms with E-state index < -0.39 is 5.97 Å². The summed E-state index contributed by atoms with van der Waals surface area (Å²) in [6, 6.07) is 0. The number of carbonyl (C=O) groups excluding carboxylic acids is 1. The molecule has 0 radical (unpaired) electrons. The van der Waals surface area contributed by atoms with Crippen LogP contribution >= 0.6 is 0 Å². The number of ketones is 1. The minimum Gasteiger partial charge on any atom is -0.481 e. The second kappa shape index (κ2) is 18.4. The van der Waals surface area contributed by atoms with Gasteiger partial charge in [-0.05, 0) is 19.3 Å². The van der Waals surface area contributed by atoms with Crippen molar-refractivity contribution in [3.8, 4) is 0 Å². The van der Waals surface area contributed by atoms with Gasteiger partial charge in [-0.1, -0.05) is 70.6 Å². The Morgan fingerprint density at radius 3 is 1.21 bits per heavy atom. The first-order valence-electron chi connectivity index (χ1n) is 10.0. The molecule has 0 saturated heterocycles. The molecule has 0 fully saturated rings. The molecule has 0 aromatic carbocycles. The highest BCUT2D eigenvalue weighted by Gasteiger charge is 2.01. The predicted molar refractivity (Wildman–Crippen MR) is 98.2 cm³/mol. The molecule has 0 aliphatic heterocycles. The van der Waals surface area contributed by atoms with Gasteiger partial charge < -0.3 is 10.2 Å². The average Bonchev–Trinajstić information content (AvgIpc) is 2.56. The van der Waals surface area contributed by atoms with E-state index in [1.807, 2.05) is 0 Å². The largest absolute Gasteiger partial charge is 0.481 e. The molecule has 24 heavy (non-hydrogen) atoms. The number of aliphatic hydroxyl groups is 1. The van der Waals surface area contributed by atoms with Gasteiger partial charge in [0.05, 0.1) is 0 Å². The lowest BCUT2D eigenvalue weighted by Gasteiger charge is -2.03. The summed E-state index contributed by atoms with van der Waals surface area (Å²) in [4.78, 5) is 21.8. The summed E-state index contributed by atoms with van der Waals surface area (Å²) < 4.78 is 0. The van der Waals surface area contributed by atoms with Crippen molar-refractivity contribution in [2.75, 3.05) is 6.61 Å². The van der Waals surface area contributed by atoms with Crippen LogP contribution in [0.1, 0.15) is 109 Å². The molecule has 0 heterocycles. The van der Waals surface area contributed by atoms with Gasteiger partial charge in [-0.25, -0.2) is 0 Å². The highest BCUT2D eigenvalue weighted by Crippen LogP contribution is 2.13. The Hall–Kier alpha value is -0.900. The quantitative estimate of drug-likeness (QED) is 0.314. The third kappa shape index (κ3) is 19.1. The van der Waals surface area contributed by atoms with Crippen LogP contribution in [0.5, 0.6) is 0 Å². The van der Waals surface area contributed by atoms with Gasteiger partial charge in [0.15, 0.2) is 0 Å². The van der Waals surface area contributed by atoms with Crippen LogP contribution in [0.3, 0.4) is 0 Å². The van der Waals surface area contributed by atoms with E-state index in [1.165, 1.54) is 57.8 Å². The van der Waals surface area contributed by atoms with Crippen molar-refractivity contribution in [1.82, 2.24) is 0 Å². The molecule has 0 saturated carbocycles. The Morgan fingerprint density at radius 2 is 0.833 bits per heavy atom. The molecule has 0 aromatic rings. The van der Waals surface area contributed by atoms with E-state index in [1.54, 1.807) is 0 Å². The van der Waals surface area contributed by atoms with Crippen LogP contribution < -0.4 is 0 Å².